The molecule has 0 saturated carbocycles. The lowest BCUT2D eigenvalue weighted by atomic mass is 9.92. The predicted molar refractivity (Wildman–Crippen MR) is 56.0 cm³/mol. The van der Waals surface area contributed by atoms with Crippen LogP contribution in [0.5, 0.6) is 0 Å². The number of alkyl halides is 3. The van der Waals surface area contributed by atoms with E-state index in [0.29, 0.717) is 0 Å². The summed E-state index contributed by atoms with van der Waals surface area (Å²) in [5, 5.41) is 10.2. The average molecular weight is 282 g/mol. The van der Waals surface area contributed by atoms with E-state index < -0.39 is 48.9 Å². The maximum atomic E-state index is 12.4. The van der Waals surface area contributed by atoms with Crippen molar-refractivity contribution in [2.24, 2.45) is 5.92 Å². The number of likely N-dealkylation sites (N-methyl/N-ethyl adjacent to an activating group) is 1. The number of nitrogens with zero attached hydrogens (tertiary/aromatic N) is 1. The van der Waals surface area contributed by atoms with E-state index in [1.54, 1.807) is 5.32 Å². The van der Waals surface area contributed by atoms with Gasteiger partial charge in [0.1, 0.15) is 18.5 Å². The lowest BCUT2D eigenvalue weighted by molar-refractivity contribution is -0.172. The van der Waals surface area contributed by atoms with Gasteiger partial charge in [0.15, 0.2) is 0 Å². The molecule has 1 saturated heterocycles. The zero-order valence-electron chi connectivity index (χ0n) is 10.0. The number of carboxylic acids is 1. The van der Waals surface area contributed by atoms with Crippen LogP contribution in [0.15, 0.2) is 0 Å². The Morgan fingerprint density at radius 2 is 2.00 bits per heavy atom. The van der Waals surface area contributed by atoms with Crippen molar-refractivity contribution in [3.8, 4) is 0 Å². The molecular weight excluding hydrogens is 269 g/mol. The highest BCUT2D eigenvalue weighted by Crippen LogP contribution is 2.28. The van der Waals surface area contributed by atoms with Crippen molar-refractivity contribution in [3.63, 3.8) is 0 Å². The van der Waals surface area contributed by atoms with Gasteiger partial charge in [-0.25, -0.2) is 0 Å². The Morgan fingerprint density at radius 1 is 1.42 bits per heavy atom. The fourth-order valence-corrected chi connectivity index (χ4v) is 1.84. The van der Waals surface area contributed by atoms with Crippen LogP contribution in [0.4, 0.5) is 13.2 Å². The van der Waals surface area contributed by atoms with Gasteiger partial charge in [0.2, 0.25) is 11.8 Å². The zero-order valence-corrected chi connectivity index (χ0v) is 10.0. The highest BCUT2D eigenvalue weighted by atomic mass is 19.4. The van der Waals surface area contributed by atoms with Crippen LogP contribution in [0.2, 0.25) is 0 Å². The number of rotatable bonds is 3. The van der Waals surface area contributed by atoms with Gasteiger partial charge in [0, 0.05) is 7.05 Å². The van der Waals surface area contributed by atoms with E-state index >= 15 is 0 Å². The average Bonchev–Trinajstić information content (AvgIpc) is 2.25. The second kappa shape index (κ2) is 5.45. The molecule has 1 rings (SSSR count). The summed E-state index contributed by atoms with van der Waals surface area (Å²) in [5.41, 5.74) is 0. The molecule has 0 aromatic heterocycles. The van der Waals surface area contributed by atoms with E-state index in [9.17, 15) is 27.6 Å². The summed E-state index contributed by atoms with van der Waals surface area (Å²) in [4.78, 5) is 34.4. The maximum absolute atomic E-state index is 12.4. The molecule has 1 aliphatic heterocycles. The molecule has 6 nitrogen and oxygen atoms in total. The molecule has 0 spiro atoms. The summed E-state index contributed by atoms with van der Waals surface area (Å²) in [5.74, 6) is -4.33. The van der Waals surface area contributed by atoms with Crippen molar-refractivity contribution in [2.45, 2.75) is 25.1 Å². The Bertz CT molecular complexity index is 397. The standard InChI is InChI=1S/C10H13F3N2O4/c1-15(4-7(16)17)9(19)5-2-3-6(10(11,12)13)14-8(5)18/h5-6H,2-4H2,1H3,(H,14,18)(H,16,17)/t5-,6-/m1/s1. The minimum absolute atomic E-state index is 0.251. The van der Waals surface area contributed by atoms with Crippen LogP contribution in [0.1, 0.15) is 12.8 Å². The van der Waals surface area contributed by atoms with Gasteiger partial charge in [0.05, 0.1) is 0 Å². The summed E-state index contributed by atoms with van der Waals surface area (Å²) in [6.07, 6.45) is -5.19. The van der Waals surface area contributed by atoms with E-state index in [2.05, 4.69) is 0 Å². The predicted octanol–water partition coefficient (Wildman–Crippen LogP) is -0.0135. The van der Waals surface area contributed by atoms with Crippen LogP contribution in [0.25, 0.3) is 0 Å². The molecule has 0 bridgehead atoms. The lowest BCUT2D eigenvalue weighted by Crippen LogP contribution is -2.54. The molecule has 0 aromatic carbocycles. The van der Waals surface area contributed by atoms with Crippen molar-refractivity contribution in [3.05, 3.63) is 0 Å². The van der Waals surface area contributed by atoms with Crippen LogP contribution in [0, 0.1) is 5.92 Å². The molecule has 0 unspecified atom stereocenters. The summed E-state index contributed by atoms with van der Waals surface area (Å²) < 4.78 is 37.2. The third kappa shape index (κ3) is 3.83. The quantitative estimate of drug-likeness (QED) is 0.713. The van der Waals surface area contributed by atoms with Crippen molar-refractivity contribution in [1.29, 1.82) is 0 Å². The lowest BCUT2D eigenvalue weighted by Gasteiger charge is -2.31. The molecule has 2 N–H and O–H groups in total. The van der Waals surface area contributed by atoms with Crippen LogP contribution in [0.3, 0.4) is 0 Å². The summed E-state index contributed by atoms with van der Waals surface area (Å²) in [7, 11) is 1.18. The fraction of sp³-hybridized carbons (Fsp3) is 0.700. The molecule has 0 aliphatic carbocycles. The minimum atomic E-state index is -4.54. The number of carboxylic acid groups (broad SMARTS) is 1. The van der Waals surface area contributed by atoms with E-state index in [1.165, 1.54) is 7.05 Å². The van der Waals surface area contributed by atoms with Gasteiger partial charge in [-0.3, -0.25) is 14.4 Å². The number of hydrogen-bond donors (Lipinski definition) is 2. The molecule has 0 radical (unpaired) electrons. The monoisotopic (exact) mass is 282 g/mol. The van der Waals surface area contributed by atoms with Gasteiger partial charge in [0.25, 0.3) is 0 Å². The van der Waals surface area contributed by atoms with Crippen LogP contribution >= 0.6 is 0 Å². The fourth-order valence-electron chi connectivity index (χ4n) is 1.84. The maximum Gasteiger partial charge on any atom is 0.408 e. The van der Waals surface area contributed by atoms with E-state index in [1.807, 2.05) is 0 Å². The van der Waals surface area contributed by atoms with Gasteiger partial charge in [-0.1, -0.05) is 0 Å². The smallest absolute Gasteiger partial charge is 0.408 e. The molecule has 0 aromatic rings. The van der Waals surface area contributed by atoms with Crippen molar-refractivity contribution in [1.82, 2.24) is 10.2 Å². The number of carbonyl (C=O) groups excluding carboxylic acids is 2. The first-order valence-corrected chi connectivity index (χ1v) is 5.46. The van der Waals surface area contributed by atoms with Crippen molar-refractivity contribution in [2.75, 3.05) is 13.6 Å². The molecular formula is C10H13F3N2O4. The minimum Gasteiger partial charge on any atom is -0.480 e. The first-order valence-electron chi connectivity index (χ1n) is 5.46. The largest absolute Gasteiger partial charge is 0.480 e. The Morgan fingerprint density at radius 3 is 2.42 bits per heavy atom. The first kappa shape index (κ1) is 15.3. The highest BCUT2D eigenvalue weighted by molar-refractivity contribution is 6.01. The van der Waals surface area contributed by atoms with Crippen LogP contribution in [-0.4, -0.2) is 53.6 Å². The number of amides is 2. The second-order valence-corrected chi connectivity index (χ2v) is 4.32. The number of nitrogens with one attached hydrogen (secondary N) is 1. The Balaban J connectivity index is 2.66. The van der Waals surface area contributed by atoms with Gasteiger partial charge in [-0.15, -0.1) is 0 Å². The van der Waals surface area contributed by atoms with Gasteiger partial charge < -0.3 is 15.3 Å². The topological polar surface area (TPSA) is 86.7 Å². The summed E-state index contributed by atoms with van der Waals surface area (Å²) in [6.45, 7) is -0.606. The van der Waals surface area contributed by atoms with Crippen LogP contribution in [-0.2, 0) is 14.4 Å². The molecule has 9 heteroatoms. The SMILES string of the molecule is CN(CC(=O)O)C(=O)[C@@H]1CC[C@H](C(F)(F)F)NC1=O. The summed E-state index contributed by atoms with van der Waals surface area (Å²) >= 11 is 0. The third-order valence-corrected chi connectivity index (χ3v) is 2.82. The number of aliphatic carboxylic acids is 1. The first-order chi connectivity index (χ1) is 8.62. The molecule has 2 atom stereocenters. The molecule has 2 amide bonds. The second-order valence-electron chi connectivity index (χ2n) is 4.32. The van der Waals surface area contributed by atoms with E-state index in [0.717, 1.165) is 4.90 Å². The number of piperidine rings is 1. The Hall–Kier alpha value is -1.80. The van der Waals surface area contributed by atoms with Gasteiger partial charge in [-0.05, 0) is 12.8 Å². The highest BCUT2D eigenvalue weighted by Gasteiger charge is 2.46. The number of hydrogen-bond acceptors (Lipinski definition) is 3. The molecule has 1 heterocycles. The van der Waals surface area contributed by atoms with Crippen LogP contribution < -0.4 is 5.32 Å². The van der Waals surface area contributed by atoms with Gasteiger partial charge >= 0.3 is 12.1 Å². The summed E-state index contributed by atoms with van der Waals surface area (Å²) in [6, 6.07) is -1.95. The van der Waals surface area contributed by atoms with Crippen molar-refractivity contribution >= 4 is 17.8 Å². The third-order valence-electron chi connectivity index (χ3n) is 2.82. The van der Waals surface area contributed by atoms with Crippen molar-refractivity contribution < 1.29 is 32.7 Å². The number of carbonyl (C=O) groups is 3. The molecule has 108 valence electrons. The van der Waals surface area contributed by atoms with E-state index in [4.69, 9.17) is 5.11 Å². The van der Waals surface area contributed by atoms with Gasteiger partial charge in [-0.2, -0.15) is 13.2 Å². The molecule has 19 heavy (non-hydrogen) atoms. The Kier molecular flexibility index (Phi) is 4.38. The molecule has 1 fully saturated rings. The van der Waals surface area contributed by atoms with E-state index in [-0.39, 0.29) is 6.42 Å². The number of halogens is 3. The zero-order chi connectivity index (χ0) is 14.8. The molecule has 1 aliphatic rings. The normalized spacial score (nSPS) is 23.7. The Labute approximate surface area is 106 Å².